The van der Waals surface area contributed by atoms with Gasteiger partial charge < -0.3 is 10.4 Å². The number of carbonyl (C=O) groups excluding carboxylic acids is 1. The third-order valence-corrected chi connectivity index (χ3v) is 2.32. The fraction of sp³-hybridized carbons (Fsp3) is 0.0769. The number of anilines is 1. The number of phenols is 1. The maximum absolute atomic E-state index is 11.9. The van der Waals surface area contributed by atoms with E-state index in [-0.39, 0.29) is 17.2 Å². The fourth-order valence-corrected chi connectivity index (χ4v) is 1.47. The number of rotatable bonds is 2. The lowest BCUT2D eigenvalue weighted by atomic mass is 10.1. The summed E-state index contributed by atoms with van der Waals surface area (Å²) in [6, 6.07) is 8.36. The molecule has 0 bridgehead atoms. The first-order valence-corrected chi connectivity index (χ1v) is 5.18. The molecule has 2 N–H and O–H groups in total. The third kappa shape index (κ3) is 2.60. The van der Waals surface area contributed by atoms with E-state index < -0.39 is 0 Å². The third-order valence-electron chi connectivity index (χ3n) is 2.32. The number of benzene rings is 1. The largest absolute Gasteiger partial charge is 0.507 e. The molecule has 4 heteroatoms. The first-order valence-electron chi connectivity index (χ1n) is 5.18. The van der Waals surface area contributed by atoms with Crippen LogP contribution in [0.5, 0.6) is 5.75 Å². The molecule has 0 fully saturated rings. The van der Waals surface area contributed by atoms with Gasteiger partial charge in [-0.3, -0.25) is 9.78 Å². The van der Waals surface area contributed by atoms with Crippen molar-refractivity contribution in [3.8, 4) is 5.75 Å². The van der Waals surface area contributed by atoms with Crippen molar-refractivity contribution in [3.63, 3.8) is 0 Å². The highest BCUT2D eigenvalue weighted by molar-refractivity contribution is 6.06. The molecule has 0 spiro atoms. The lowest BCUT2D eigenvalue weighted by Gasteiger charge is -2.07. The van der Waals surface area contributed by atoms with Crippen molar-refractivity contribution in [3.05, 3.63) is 53.9 Å². The Labute approximate surface area is 98.9 Å². The van der Waals surface area contributed by atoms with Crippen molar-refractivity contribution in [2.75, 3.05) is 5.32 Å². The van der Waals surface area contributed by atoms with E-state index in [1.54, 1.807) is 36.7 Å². The number of phenolic OH excluding ortho intramolecular Hbond substituents is 1. The van der Waals surface area contributed by atoms with Gasteiger partial charge in [0, 0.05) is 6.20 Å². The Hall–Kier alpha value is -2.36. The number of aromatic nitrogens is 1. The van der Waals surface area contributed by atoms with Gasteiger partial charge in [-0.05, 0) is 31.2 Å². The lowest BCUT2D eigenvalue weighted by Crippen LogP contribution is -2.12. The van der Waals surface area contributed by atoms with Gasteiger partial charge in [0.2, 0.25) is 0 Å². The summed E-state index contributed by atoms with van der Waals surface area (Å²) in [6.07, 6.45) is 3.17. The van der Waals surface area contributed by atoms with Gasteiger partial charge in [-0.2, -0.15) is 0 Å². The quantitative estimate of drug-likeness (QED) is 0.829. The van der Waals surface area contributed by atoms with Crippen LogP contribution in [0.3, 0.4) is 0 Å². The Kier molecular flexibility index (Phi) is 3.05. The minimum absolute atomic E-state index is 0.0306. The lowest BCUT2D eigenvalue weighted by molar-refractivity contribution is 0.102. The molecule has 2 aromatic rings. The maximum atomic E-state index is 11.9. The Bertz CT molecular complexity index is 538. The number of nitrogens with zero attached hydrogens (tertiary/aromatic N) is 1. The molecule has 4 nitrogen and oxygen atoms in total. The Morgan fingerprint density at radius 1 is 1.35 bits per heavy atom. The normalized spacial score (nSPS) is 9.94. The molecule has 0 aliphatic carbocycles. The molecule has 0 aliphatic rings. The van der Waals surface area contributed by atoms with Gasteiger partial charge in [0.05, 0.1) is 17.4 Å². The van der Waals surface area contributed by atoms with Crippen LogP contribution in [0.4, 0.5) is 5.69 Å². The molecule has 0 aliphatic heterocycles. The number of aromatic hydroxyl groups is 1. The molecule has 1 aromatic carbocycles. The average Bonchev–Trinajstić information content (AvgIpc) is 2.33. The van der Waals surface area contributed by atoms with Crippen LogP contribution >= 0.6 is 0 Å². The maximum Gasteiger partial charge on any atom is 0.259 e. The number of amides is 1. The zero-order chi connectivity index (χ0) is 12.3. The molecule has 86 valence electrons. The summed E-state index contributed by atoms with van der Waals surface area (Å²) in [5.74, 6) is -0.379. The summed E-state index contributed by atoms with van der Waals surface area (Å²) in [5, 5.41) is 12.3. The molecule has 0 saturated heterocycles. The van der Waals surface area contributed by atoms with Gasteiger partial charge in [-0.15, -0.1) is 0 Å². The number of pyridine rings is 1. The van der Waals surface area contributed by atoms with Crippen LogP contribution in [0, 0.1) is 6.92 Å². The van der Waals surface area contributed by atoms with E-state index in [0.29, 0.717) is 5.69 Å². The predicted molar refractivity (Wildman–Crippen MR) is 65.0 cm³/mol. The van der Waals surface area contributed by atoms with Crippen molar-refractivity contribution >= 4 is 11.6 Å². The van der Waals surface area contributed by atoms with Gasteiger partial charge in [0.1, 0.15) is 5.75 Å². The predicted octanol–water partition coefficient (Wildman–Crippen LogP) is 2.35. The van der Waals surface area contributed by atoms with Crippen molar-refractivity contribution in [2.45, 2.75) is 6.92 Å². The van der Waals surface area contributed by atoms with E-state index in [0.717, 1.165) is 5.56 Å². The summed E-state index contributed by atoms with van der Waals surface area (Å²) in [6.45, 7) is 1.86. The van der Waals surface area contributed by atoms with Crippen LogP contribution in [0.1, 0.15) is 15.9 Å². The zero-order valence-corrected chi connectivity index (χ0v) is 9.34. The van der Waals surface area contributed by atoms with Gasteiger partial charge in [-0.25, -0.2) is 0 Å². The Morgan fingerprint density at radius 2 is 2.18 bits per heavy atom. The highest BCUT2D eigenvalue weighted by Gasteiger charge is 2.11. The monoisotopic (exact) mass is 228 g/mol. The van der Waals surface area contributed by atoms with E-state index in [1.807, 2.05) is 6.92 Å². The number of nitrogens with one attached hydrogen (secondary N) is 1. The molecule has 1 heterocycles. The van der Waals surface area contributed by atoms with Crippen molar-refractivity contribution < 1.29 is 9.90 Å². The summed E-state index contributed by atoms with van der Waals surface area (Å²) < 4.78 is 0. The summed E-state index contributed by atoms with van der Waals surface area (Å²) in [4.78, 5) is 15.8. The standard InChI is InChI=1S/C13H12N2O2/c1-9-4-5-12(16)11(7-9)13(17)15-10-3-2-6-14-8-10/h2-8,16H,1H3,(H,15,17). The van der Waals surface area contributed by atoms with Crippen LogP contribution in [0.2, 0.25) is 0 Å². The highest BCUT2D eigenvalue weighted by atomic mass is 16.3. The summed E-state index contributed by atoms with van der Waals surface area (Å²) in [7, 11) is 0. The minimum atomic E-state index is -0.348. The molecular formula is C13H12N2O2. The smallest absolute Gasteiger partial charge is 0.259 e. The van der Waals surface area contributed by atoms with Crippen LogP contribution in [0.25, 0.3) is 0 Å². The first kappa shape index (κ1) is 11.1. The van der Waals surface area contributed by atoms with E-state index in [2.05, 4.69) is 10.3 Å². The molecule has 2 rings (SSSR count). The van der Waals surface area contributed by atoms with Crippen molar-refractivity contribution in [1.29, 1.82) is 0 Å². The first-order chi connectivity index (χ1) is 8.16. The van der Waals surface area contributed by atoms with E-state index in [4.69, 9.17) is 0 Å². The summed E-state index contributed by atoms with van der Waals surface area (Å²) >= 11 is 0. The Morgan fingerprint density at radius 3 is 2.88 bits per heavy atom. The SMILES string of the molecule is Cc1ccc(O)c(C(=O)Nc2cccnc2)c1. The molecule has 0 atom stereocenters. The molecule has 1 aromatic heterocycles. The van der Waals surface area contributed by atoms with E-state index in [1.165, 1.54) is 6.07 Å². The van der Waals surface area contributed by atoms with Gasteiger partial charge in [-0.1, -0.05) is 11.6 Å². The molecule has 0 saturated carbocycles. The Balaban J connectivity index is 2.23. The molecule has 1 amide bonds. The number of hydrogen-bond acceptors (Lipinski definition) is 3. The zero-order valence-electron chi connectivity index (χ0n) is 9.34. The van der Waals surface area contributed by atoms with Crippen molar-refractivity contribution in [2.24, 2.45) is 0 Å². The van der Waals surface area contributed by atoms with Crippen LogP contribution in [-0.2, 0) is 0 Å². The summed E-state index contributed by atoms with van der Waals surface area (Å²) in [5.41, 5.74) is 1.77. The number of hydrogen-bond donors (Lipinski definition) is 2. The molecule has 17 heavy (non-hydrogen) atoms. The number of aryl methyl sites for hydroxylation is 1. The topological polar surface area (TPSA) is 62.2 Å². The van der Waals surface area contributed by atoms with Gasteiger partial charge >= 0.3 is 0 Å². The molecule has 0 radical (unpaired) electrons. The second-order valence-corrected chi connectivity index (χ2v) is 3.72. The fourth-order valence-electron chi connectivity index (χ4n) is 1.47. The number of carbonyl (C=O) groups is 1. The van der Waals surface area contributed by atoms with E-state index >= 15 is 0 Å². The molecule has 0 unspecified atom stereocenters. The minimum Gasteiger partial charge on any atom is -0.507 e. The van der Waals surface area contributed by atoms with Gasteiger partial charge in [0.15, 0.2) is 0 Å². The van der Waals surface area contributed by atoms with Crippen molar-refractivity contribution in [1.82, 2.24) is 4.98 Å². The average molecular weight is 228 g/mol. The van der Waals surface area contributed by atoms with Crippen LogP contribution < -0.4 is 5.32 Å². The second kappa shape index (κ2) is 4.65. The van der Waals surface area contributed by atoms with Gasteiger partial charge in [0.25, 0.3) is 5.91 Å². The van der Waals surface area contributed by atoms with E-state index in [9.17, 15) is 9.90 Å². The van der Waals surface area contributed by atoms with Crippen LogP contribution in [0.15, 0.2) is 42.7 Å². The second-order valence-electron chi connectivity index (χ2n) is 3.72. The molecular weight excluding hydrogens is 216 g/mol. The highest BCUT2D eigenvalue weighted by Crippen LogP contribution is 2.19. The van der Waals surface area contributed by atoms with Crippen LogP contribution in [-0.4, -0.2) is 16.0 Å².